The van der Waals surface area contributed by atoms with Crippen molar-refractivity contribution in [1.29, 1.82) is 0 Å². The third-order valence-corrected chi connectivity index (χ3v) is 7.40. The van der Waals surface area contributed by atoms with E-state index in [1.165, 1.54) is 0 Å². The van der Waals surface area contributed by atoms with Crippen LogP contribution in [0.3, 0.4) is 0 Å². The fourth-order valence-corrected chi connectivity index (χ4v) is 5.59. The van der Waals surface area contributed by atoms with Crippen LogP contribution in [0.5, 0.6) is 11.5 Å². The molecule has 9 heteroatoms. The predicted molar refractivity (Wildman–Crippen MR) is 119 cm³/mol. The topological polar surface area (TPSA) is 58.4 Å². The van der Waals surface area contributed by atoms with Gasteiger partial charge in [-0.2, -0.15) is 0 Å². The Bertz CT molecular complexity index is 956. The van der Waals surface area contributed by atoms with E-state index >= 15 is 0 Å². The highest BCUT2D eigenvalue weighted by Crippen LogP contribution is 2.37. The Kier molecular flexibility index (Phi) is 6.79. The van der Waals surface area contributed by atoms with Crippen molar-refractivity contribution >= 4 is 39.0 Å². The van der Waals surface area contributed by atoms with Crippen molar-refractivity contribution in [1.82, 2.24) is 14.8 Å². The number of nitrogens with zero attached hydrogens (tertiary/aromatic N) is 3. The number of thiophene rings is 1. The quantitative estimate of drug-likeness (QED) is 0.397. The minimum Gasteiger partial charge on any atom is -0.493 e. The van der Waals surface area contributed by atoms with Gasteiger partial charge in [0.2, 0.25) is 0 Å². The van der Waals surface area contributed by atoms with Crippen LogP contribution in [0.25, 0.3) is 10.7 Å². The highest BCUT2D eigenvalue weighted by atomic mass is 79.9. The second kappa shape index (κ2) is 9.51. The monoisotopic (exact) mass is 495 g/mol. The van der Waals surface area contributed by atoms with Gasteiger partial charge in [0.25, 0.3) is 0 Å². The minimum atomic E-state index is 0.219. The van der Waals surface area contributed by atoms with Gasteiger partial charge < -0.3 is 14.2 Å². The smallest absolute Gasteiger partial charge is 0.191 e. The van der Waals surface area contributed by atoms with Gasteiger partial charge in [-0.05, 0) is 42.0 Å². The molecule has 29 heavy (non-hydrogen) atoms. The molecule has 0 bridgehead atoms. The number of aromatic nitrogens is 3. The average molecular weight is 496 g/mol. The molecule has 1 unspecified atom stereocenters. The van der Waals surface area contributed by atoms with Crippen LogP contribution in [0.2, 0.25) is 0 Å². The van der Waals surface area contributed by atoms with E-state index in [0.717, 1.165) is 57.6 Å². The first-order valence-corrected chi connectivity index (χ1v) is 12.0. The number of methoxy groups -OCH3 is 2. The molecule has 0 spiro atoms. The van der Waals surface area contributed by atoms with Crippen molar-refractivity contribution in [3.05, 3.63) is 39.7 Å². The minimum absolute atomic E-state index is 0.219. The summed E-state index contributed by atoms with van der Waals surface area (Å²) in [5.74, 6) is 3.06. The molecule has 0 N–H and O–H groups in total. The molecule has 0 amide bonds. The number of thioether (sulfide) groups is 1. The van der Waals surface area contributed by atoms with Gasteiger partial charge in [0.05, 0.1) is 31.7 Å². The summed E-state index contributed by atoms with van der Waals surface area (Å²) in [5, 5.41) is 11.9. The number of ether oxygens (including phenoxy) is 3. The lowest BCUT2D eigenvalue weighted by atomic mass is 10.2. The van der Waals surface area contributed by atoms with E-state index in [0.29, 0.717) is 11.5 Å². The molecule has 0 aliphatic carbocycles. The van der Waals surface area contributed by atoms with Crippen LogP contribution >= 0.6 is 39.0 Å². The Morgan fingerprint density at radius 2 is 2.10 bits per heavy atom. The van der Waals surface area contributed by atoms with Gasteiger partial charge in [0.1, 0.15) is 0 Å². The Morgan fingerprint density at radius 1 is 1.28 bits per heavy atom. The van der Waals surface area contributed by atoms with Crippen LogP contribution < -0.4 is 9.47 Å². The summed E-state index contributed by atoms with van der Waals surface area (Å²) in [6, 6.07) is 8.05. The maximum Gasteiger partial charge on any atom is 0.191 e. The summed E-state index contributed by atoms with van der Waals surface area (Å²) >= 11 is 6.98. The number of benzene rings is 1. The zero-order chi connectivity index (χ0) is 20.2. The molecule has 154 valence electrons. The first-order valence-electron chi connectivity index (χ1n) is 9.31. The van der Waals surface area contributed by atoms with E-state index in [-0.39, 0.29) is 6.10 Å². The molecule has 0 radical (unpaired) electrons. The molecule has 6 nitrogen and oxygen atoms in total. The van der Waals surface area contributed by atoms with Gasteiger partial charge in [0.15, 0.2) is 22.5 Å². The van der Waals surface area contributed by atoms with Crippen LogP contribution in [-0.4, -0.2) is 41.7 Å². The van der Waals surface area contributed by atoms with Crippen LogP contribution in [0.1, 0.15) is 18.4 Å². The first-order chi connectivity index (χ1) is 14.2. The lowest BCUT2D eigenvalue weighted by molar-refractivity contribution is 0.0953. The summed E-state index contributed by atoms with van der Waals surface area (Å²) in [5.41, 5.74) is 1.11. The second-order valence-corrected chi connectivity index (χ2v) is 9.36. The summed E-state index contributed by atoms with van der Waals surface area (Å²) < 4.78 is 19.9. The van der Waals surface area contributed by atoms with E-state index < -0.39 is 0 Å². The van der Waals surface area contributed by atoms with Crippen molar-refractivity contribution in [3.63, 3.8) is 0 Å². The van der Waals surface area contributed by atoms with Gasteiger partial charge in [-0.25, -0.2) is 0 Å². The maximum absolute atomic E-state index is 5.87. The van der Waals surface area contributed by atoms with Crippen LogP contribution in [-0.2, 0) is 17.0 Å². The maximum atomic E-state index is 5.87. The standard InChI is InChI=1S/C20H22BrN3O3S2/c1-25-16-9-13(15(21)10-17(16)26-2)12-29-20-23-22-19(18-6-4-8-28-18)24(20)11-14-5-3-7-27-14/h4,6,8-10,14H,3,5,7,11-12H2,1-2H3. The van der Waals surface area contributed by atoms with Gasteiger partial charge in [-0.15, -0.1) is 21.5 Å². The molecule has 1 aromatic carbocycles. The van der Waals surface area contributed by atoms with Crippen molar-refractivity contribution < 1.29 is 14.2 Å². The van der Waals surface area contributed by atoms with E-state index in [9.17, 15) is 0 Å². The van der Waals surface area contributed by atoms with E-state index in [4.69, 9.17) is 14.2 Å². The molecule has 1 aliphatic heterocycles. The van der Waals surface area contributed by atoms with Gasteiger partial charge in [-0.1, -0.05) is 33.8 Å². The van der Waals surface area contributed by atoms with Crippen LogP contribution in [0.15, 0.2) is 39.3 Å². The summed E-state index contributed by atoms with van der Waals surface area (Å²) in [6.45, 7) is 1.61. The molecule has 1 saturated heterocycles. The lowest BCUT2D eigenvalue weighted by Gasteiger charge is -2.15. The Hall–Kier alpha value is -1.55. The van der Waals surface area contributed by atoms with E-state index in [2.05, 4.69) is 42.1 Å². The summed E-state index contributed by atoms with van der Waals surface area (Å²) in [4.78, 5) is 1.12. The van der Waals surface area contributed by atoms with Gasteiger partial charge in [0, 0.05) is 16.8 Å². The fourth-order valence-electron chi connectivity index (χ4n) is 3.29. The second-order valence-electron chi connectivity index (χ2n) is 6.62. The normalized spacial score (nSPS) is 16.3. The zero-order valence-electron chi connectivity index (χ0n) is 16.3. The molecule has 1 fully saturated rings. The van der Waals surface area contributed by atoms with Crippen molar-refractivity contribution in [2.45, 2.75) is 36.4 Å². The number of halogens is 1. The molecule has 2 aromatic heterocycles. The Labute approximate surface area is 186 Å². The summed E-state index contributed by atoms with van der Waals surface area (Å²) in [7, 11) is 3.28. The van der Waals surface area contributed by atoms with Gasteiger partial charge >= 0.3 is 0 Å². The fraction of sp³-hybridized carbons (Fsp3) is 0.400. The Balaban J connectivity index is 1.58. The molecule has 4 rings (SSSR count). The van der Waals surface area contributed by atoms with Crippen molar-refractivity contribution in [3.8, 4) is 22.2 Å². The highest BCUT2D eigenvalue weighted by molar-refractivity contribution is 9.10. The van der Waals surface area contributed by atoms with E-state index in [1.807, 2.05) is 18.2 Å². The third kappa shape index (κ3) is 4.63. The van der Waals surface area contributed by atoms with Crippen molar-refractivity contribution in [2.75, 3.05) is 20.8 Å². The molecular weight excluding hydrogens is 474 g/mol. The SMILES string of the molecule is COc1cc(Br)c(CSc2nnc(-c3cccs3)n2CC2CCCO2)cc1OC. The summed E-state index contributed by atoms with van der Waals surface area (Å²) in [6.07, 6.45) is 2.41. The Morgan fingerprint density at radius 3 is 2.79 bits per heavy atom. The molecule has 3 aromatic rings. The number of hydrogen-bond acceptors (Lipinski definition) is 7. The van der Waals surface area contributed by atoms with Gasteiger partial charge in [-0.3, -0.25) is 4.57 Å². The number of hydrogen-bond donors (Lipinski definition) is 0. The highest BCUT2D eigenvalue weighted by Gasteiger charge is 2.22. The van der Waals surface area contributed by atoms with Crippen molar-refractivity contribution in [2.24, 2.45) is 0 Å². The zero-order valence-corrected chi connectivity index (χ0v) is 19.5. The van der Waals surface area contributed by atoms with E-state index in [1.54, 1.807) is 37.3 Å². The molecule has 3 heterocycles. The molecular formula is C20H22BrN3O3S2. The predicted octanol–water partition coefficient (Wildman–Crippen LogP) is 5.26. The lowest BCUT2D eigenvalue weighted by Crippen LogP contribution is -2.16. The van der Waals surface area contributed by atoms with Crippen LogP contribution in [0.4, 0.5) is 0 Å². The number of rotatable bonds is 8. The third-order valence-electron chi connectivity index (χ3n) is 4.78. The average Bonchev–Trinajstić information content (AvgIpc) is 3.49. The largest absolute Gasteiger partial charge is 0.493 e. The first kappa shape index (κ1) is 20.7. The molecule has 1 aliphatic rings. The van der Waals surface area contributed by atoms with Crippen LogP contribution in [0, 0.1) is 0 Å². The molecule has 0 saturated carbocycles. The molecule has 1 atom stereocenters.